The van der Waals surface area contributed by atoms with Crippen LogP contribution in [0.4, 0.5) is 4.39 Å². The van der Waals surface area contributed by atoms with Crippen molar-refractivity contribution in [2.75, 3.05) is 6.61 Å². The number of Topliss-reactive ketones (excluding diaryl/α,β-unsaturated/α-hetero) is 1. The van der Waals surface area contributed by atoms with E-state index in [1.54, 1.807) is 0 Å². The highest BCUT2D eigenvalue weighted by atomic mass is 35.5. The first kappa shape index (κ1) is 13.3. The van der Waals surface area contributed by atoms with E-state index in [1.165, 1.54) is 38.3 Å². The predicted molar refractivity (Wildman–Crippen MR) is 68.9 cm³/mol. The fraction of sp³-hybridized carbons (Fsp3) is 0.500. The molecule has 2 rings (SSSR count). The van der Waals surface area contributed by atoms with Gasteiger partial charge in [0.25, 0.3) is 0 Å². The van der Waals surface area contributed by atoms with Crippen LogP contribution in [0.5, 0.6) is 5.75 Å². The molecule has 0 amide bonds. The van der Waals surface area contributed by atoms with Crippen molar-refractivity contribution in [1.29, 1.82) is 0 Å². The first-order valence-electron chi connectivity index (χ1n) is 6.20. The van der Waals surface area contributed by atoms with Crippen molar-refractivity contribution in [3.63, 3.8) is 0 Å². The molecule has 0 unspecified atom stereocenters. The average Bonchev–Trinajstić information content (AvgIpc) is 2.25. The molecule has 1 aromatic carbocycles. The van der Waals surface area contributed by atoms with E-state index in [9.17, 15) is 9.18 Å². The zero-order valence-corrected chi connectivity index (χ0v) is 11.1. The second-order valence-electron chi connectivity index (χ2n) is 4.75. The first-order chi connectivity index (χ1) is 8.58. The summed E-state index contributed by atoms with van der Waals surface area (Å²) >= 11 is 5.96. The van der Waals surface area contributed by atoms with E-state index in [4.69, 9.17) is 16.3 Å². The van der Waals surface area contributed by atoms with Crippen LogP contribution in [0.15, 0.2) is 12.1 Å². The molecule has 0 aromatic heterocycles. The molecule has 1 aromatic rings. The molecular formula is C14H16ClFO2. The Morgan fingerprint density at radius 1 is 1.50 bits per heavy atom. The molecule has 0 heterocycles. The van der Waals surface area contributed by atoms with E-state index >= 15 is 0 Å². The predicted octanol–water partition coefficient (Wildman–Crippen LogP) is 4.25. The van der Waals surface area contributed by atoms with Crippen molar-refractivity contribution in [3.05, 3.63) is 28.5 Å². The third kappa shape index (κ3) is 3.02. The van der Waals surface area contributed by atoms with Crippen LogP contribution in [0.1, 0.15) is 43.0 Å². The van der Waals surface area contributed by atoms with Crippen LogP contribution in [-0.4, -0.2) is 12.4 Å². The normalized spacial score (nSPS) is 15.3. The summed E-state index contributed by atoms with van der Waals surface area (Å²) in [6.07, 6.45) is 4.79. The van der Waals surface area contributed by atoms with Gasteiger partial charge in [-0.25, -0.2) is 4.39 Å². The molecule has 1 aliphatic rings. The molecular weight excluding hydrogens is 255 g/mol. The molecule has 1 saturated carbocycles. The fourth-order valence-electron chi connectivity index (χ4n) is 2.03. The molecule has 0 spiro atoms. The van der Waals surface area contributed by atoms with Gasteiger partial charge in [0.2, 0.25) is 0 Å². The lowest BCUT2D eigenvalue weighted by molar-refractivity contribution is 0.101. The van der Waals surface area contributed by atoms with Crippen molar-refractivity contribution in [2.45, 2.75) is 32.6 Å². The molecule has 2 nitrogen and oxygen atoms in total. The number of hydrogen-bond acceptors (Lipinski definition) is 2. The quantitative estimate of drug-likeness (QED) is 0.748. The Kier molecular flexibility index (Phi) is 4.23. The molecule has 1 aliphatic carbocycles. The van der Waals surface area contributed by atoms with Gasteiger partial charge < -0.3 is 4.74 Å². The Morgan fingerprint density at radius 2 is 2.22 bits per heavy atom. The number of benzene rings is 1. The van der Waals surface area contributed by atoms with E-state index < -0.39 is 5.82 Å². The molecule has 0 radical (unpaired) electrons. The van der Waals surface area contributed by atoms with E-state index in [0.717, 1.165) is 12.3 Å². The minimum atomic E-state index is -0.578. The van der Waals surface area contributed by atoms with E-state index in [-0.39, 0.29) is 16.4 Å². The number of carbonyl (C=O) groups excluding carboxylic acids is 1. The largest absolute Gasteiger partial charge is 0.492 e. The minimum Gasteiger partial charge on any atom is -0.492 e. The van der Waals surface area contributed by atoms with Gasteiger partial charge in [0, 0.05) is 6.07 Å². The van der Waals surface area contributed by atoms with Crippen molar-refractivity contribution in [3.8, 4) is 5.75 Å². The standard InChI is InChI=1S/C14H16ClFO2/c1-9(17)11-7-12(15)14(8-13(11)16)18-6-5-10-3-2-4-10/h7-8,10H,2-6H2,1H3. The van der Waals surface area contributed by atoms with Crippen LogP contribution in [0.3, 0.4) is 0 Å². The Bertz CT molecular complexity index is 455. The number of hydrogen-bond donors (Lipinski definition) is 0. The monoisotopic (exact) mass is 270 g/mol. The summed E-state index contributed by atoms with van der Waals surface area (Å²) in [5, 5.41) is 0.287. The Hall–Kier alpha value is -1.09. The van der Waals surface area contributed by atoms with Gasteiger partial charge >= 0.3 is 0 Å². The fourth-order valence-corrected chi connectivity index (χ4v) is 2.24. The van der Waals surface area contributed by atoms with Crippen LogP contribution < -0.4 is 4.74 Å². The number of rotatable bonds is 5. The summed E-state index contributed by atoms with van der Waals surface area (Å²) < 4.78 is 19.1. The lowest BCUT2D eigenvalue weighted by atomic mass is 9.83. The molecule has 0 aliphatic heterocycles. The maximum Gasteiger partial charge on any atom is 0.162 e. The molecule has 0 N–H and O–H groups in total. The molecule has 1 fully saturated rings. The van der Waals surface area contributed by atoms with Crippen LogP contribution in [-0.2, 0) is 0 Å². The van der Waals surface area contributed by atoms with E-state index in [1.807, 2.05) is 0 Å². The SMILES string of the molecule is CC(=O)c1cc(Cl)c(OCCC2CCC2)cc1F. The second kappa shape index (κ2) is 5.70. The van der Waals surface area contributed by atoms with Gasteiger partial charge in [0.15, 0.2) is 5.78 Å². The Balaban J connectivity index is 1.99. The van der Waals surface area contributed by atoms with Crippen LogP contribution in [0.2, 0.25) is 5.02 Å². The third-order valence-corrected chi connectivity index (χ3v) is 3.70. The summed E-state index contributed by atoms with van der Waals surface area (Å²) in [6.45, 7) is 1.86. The average molecular weight is 271 g/mol. The smallest absolute Gasteiger partial charge is 0.162 e. The van der Waals surface area contributed by atoms with Gasteiger partial charge in [-0.2, -0.15) is 0 Å². The lowest BCUT2D eigenvalue weighted by Crippen LogP contribution is -2.14. The highest BCUT2D eigenvalue weighted by molar-refractivity contribution is 6.32. The van der Waals surface area contributed by atoms with Gasteiger partial charge in [-0.15, -0.1) is 0 Å². The second-order valence-corrected chi connectivity index (χ2v) is 5.16. The van der Waals surface area contributed by atoms with E-state index in [2.05, 4.69) is 0 Å². The Labute approximate surface area is 111 Å². The van der Waals surface area contributed by atoms with Gasteiger partial charge in [-0.1, -0.05) is 30.9 Å². The number of ether oxygens (including phenoxy) is 1. The number of ketones is 1. The molecule has 4 heteroatoms. The summed E-state index contributed by atoms with van der Waals surface area (Å²) in [4.78, 5) is 11.1. The number of carbonyl (C=O) groups is 1. The maximum absolute atomic E-state index is 13.6. The zero-order valence-electron chi connectivity index (χ0n) is 10.3. The topological polar surface area (TPSA) is 26.3 Å². The van der Waals surface area contributed by atoms with Gasteiger partial charge in [0.05, 0.1) is 17.2 Å². The maximum atomic E-state index is 13.6. The highest BCUT2D eigenvalue weighted by Gasteiger charge is 2.18. The lowest BCUT2D eigenvalue weighted by Gasteiger charge is -2.25. The third-order valence-electron chi connectivity index (χ3n) is 3.41. The summed E-state index contributed by atoms with van der Waals surface area (Å²) in [5.41, 5.74) is 0.00587. The molecule has 0 atom stereocenters. The molecule has 98 valence electrons. The van der Waals surface area contributed by atoms with Crippen LogP contribution in [0, 0.1) is 11.7 Å². The summed E-state index contributed by atoms with van der Waals surface area (Å²) in [6, 6.07) is 2.53. The summed E-state index contributed by atoms with van der Waals surface area (Å²) in [7, 11) is 0. The highest BCUT2D eigenvalue weighted by Crippen LogP contribution is 2.31. The van der Waals surface area contributed by atoms with Crippen LogP contribution in [0.25, 0.3) is 0 Å². The summed E-state index contributed by atoms with van der Waals surface area (Å²) in [5.74, 6) is 0.143. The van der Waals surface area contributed by atoms with E-state index in [0.29, 0.717) is 12.4 Å². The van der Waals surface area contributed by atoms with Crippen molar-refractivity contribution >= 4 is 17.4 Å². The molecule has 0 saturated heterocycles. The van der Waals surface area contributed by atoms with Gasteiger partial charge in [-0.3, -0.25) is 4.79 Å². The first-order valence-corrected chi connectivity index (χ1v) is 6.58. The minimum absolute atomic E-state index is 0.00587. The van der Waals surface area contributed by atoms with Crippen molar-refractivity contribution < 1.29 is 13.9 Å². The van der Waals surface area contributed by atoms with Crippen molar-refractivity contribution in [1.82, 2.24) is 0 Å². The molecule has 18 heavy (non-hydrogen) atoms. The van der Waals surface area contributed by atoms with Crippen LogP contribution >= 0.6 is 11.6 Å². The van der Waals surface area contributed by atoms with Crippen molar-refractivity contribution in [2.24, 2.45) is 5.92 Å². The van der Waals surface area contributed by atoms with Gasteiger partial charge in [-0.05, 0) is 25.3 Å². The molecule has 0 bridgehead atoms. The van der Waals surface area contributed by atoms with Gasteiger partial charge in [0.1, 0.15) is 11.6 Å². The number of halogens is 2. The zero-order chi connectivity index (χ0) is 13.1. The Morgan fingerprint density at radius 3 is 2.78 bits per heavy atom.